The molecule has 1 heterocycles. The molecule has 1 aromatic rings. The Morgan fingerprint density at radius 3 is 2.95 bits per heavy atom. The Bertz CT molecular complexity index is 529. The molecule has 0 spiro atoms. The lowest BCUT2D eigenvalue weighted by Gasteiger charge is -2.21. The number of nitrogens with zero attached hydrogens (tertiary/aromatic N) is 1. The highest BCUT2D eigenvalue weighted by Crippen LogP contribution is 2.26. The molecule has 19 heavy (non-hydrogen) atoms. The van der Waals surface area contributed by atoms with Gasteiger partial charge in [0, 0.05) is 10.2 Å². The summed E-state index contributed by atoms with van der Waals surface area (Å²) in [7, 11) is 0. The average molecular weight is 349 g/mol. The Balaban J connectivity index is 2.12. The number of anilines is 1. The van der Waals surface area contributed by atoms with E-state index in [1.54, 1.807) is 0 Å². The van der Waals surface area contributed by atoms with E-state index in [1.807, 2.05) is 0 Å². The van der Waals surface area contributed by atoms with E-state index < -0.39 is 23.9 Å². The molecule has 2 amide bonds. The van der Waals surface area contributed by atoms with Gasteiger partial charge in [-0.3, -0.25) is 0 Å². The smallest absolute Gasteiger partial charge is 0.327 e. The SMILES string of the molecule is O=C(O)[C@@H]1CSCN1C(=O)Nc1cc(F)ccc1Br. The first-order chi connectivity index (χ1) is 8.99. The molecule has 8 heteroatoms. The van der Waals surface area contributed by atoms with Crippen molar-refractivity contribution in [3.63, 3.8) is 0 Å². The van der Waals surface area contributed by atoms with E-state index in [1.165, 1.54) is 34.9 Å². The van der Waals surface area contributed by atoms with Gasteiger partial charge >= 0.3 is 12.0 Å². The molecule has 5 nitrogen and oxygen atoms in total. The summed E-state index contributed by atoms with van der Waals surface area (Å²) in [5.74, 6) is -0.870. The fraction of sp³-hybridized carbons (Fsp3) is 0.273. The number of rotatable bonds is 2. The van der Waals surface area contributed by atoms with E-state index in [2.05, 4.69) is 21.2 Å². The van der Waals surface area contributed by atoms with Crippen LogP contribution in [0.2, 0.25) is 0 Å². The highest BCUT2D eigenvalue weighted by molar-refractivity contribution is 9.10. The molecule has 1 aliphatic rings. The molecular weight excluding hydrogens is 339 g/mol. The van der Waals surface area contributed by atoms with Crippen LogP contribution in [0.25, 0.3) is 0 Å². The van der Waals surface area contributed by atoms with Gasteiger partial charge in [0.2, 0.25) is 0 Å². The van der Waals surface area contributed by atoms with Crippen LogP contribution in [0.4, 0.5) is 14.9 Å². The second kappa shape index (κ2) is 5.79. The van der Waals surface area contributed by atoms with Crippen LogP contribution < -0.4 is 5.32 Å². The molecule has 1 aromatic carbocycles. The number of thioether (sulfide) groups is 1. The number of carboxylic acids is 1. The molecule has 1 atom stereocenters. The van der Waals surface area contributed by atoms with Gasteiger partial charge in [-0.05, 0) is 34.1 Å². The number of carboxylic acid groups (broad SMARTS) is 1. The van der Waals surface area contributed by atoms with Gasteiger partial charge in [0.15, 0.2) is 0 Å². The zero-order valence-electron chi connectivity index (χ0n) is 9.60. The topological polar surface area (TPSA) is 69.6 Å². The van der Waals surface area contributed by atoms with E-state index in [0.717, 1.165) is 0 Å². The highest BCUT2D eigenvalue weighted by Gasteiger charge is 2.34. The van der Waals surface area contributed by atoms with Crippen LogP contribution in [-0.2, 0) is 4.79 Å². The molecule has 1 fully saturated rings. The van der Waals surface area contributed by atoms with Crippen LogP contribution in [0.1, 0.15) is 0 Å². The first-order valence-electron chi connectivity index (χ1n) is 5.32. The zero-order valence-corrected chi connectivity index (χ0v) is 12.0. The number of nitrogens with one attached hydrogen (secondary N) is 1. The number of hydrogen-bond donors (Lipinski definition) is 2. The van der Waals surface area contributed by atoms with Crippen molar-refractivity contribution in [2.45, 2.75) is 6.04 Å². The predicted molar refractivity (Wildman–Crippen MR) is 73.7 cm³/mol. The van der Waals surface area contributed by atoms with Gasteiger partial charge in [-0.2, -0.15) is 0 Å². The Morgan fingerprint density at radius 2 is 2.26 bits per heavy atom. The summed E-state index contributed by atoms with van der Waals surface area (Å²) in [6, 6.07) is 2.49. The van der Waals surface area contributed by atoms with Gasteiger partial charge in [-0.15, -0.1) is 11.8 Å². The van der Waals surface area contributed by atoms with E-state index in [0.29, 0.717) is 16.1 Å². The molecule has 102 valence electrons. The number of carbonyl (C=O) groups excluding carboxylic acids is 1. The first-order valence-corrected chi connectivity index (χ1v) is 7.27. The van der Waals surface area contributed by atoms with Crippen molar-refractivity contribution in [2.24, 2.45) is 0 Å². The number of urea groups is 1. The van der Waals surface area contributed by atoms with Gasteiger partial charge in [0.25, 0.3) is 0 Å². The van der Waals surface area contributed by atoms with E-state index in [9.17, 15) is 14.0 Å². The van der Waals surface area contributed by atoms with Crippen LogP contribution in [-0.4, -0.2) is 39.7 Å². The third-order valence-electron chi connectivity index (χ3n) is 2.60. The van der Waals surface area contributed by atoms with Crippen LogP contribution >= 0.6 is 27.7 Å². The maximum atomic E-state index is 13.1. The maximum Gasteiger partial charge on any atom is 0.327 e. The van der Waals surface area contributed by atoms with Crippen LogP contribution in [0, 0.1) is 5.82 Å². The van der Waals surface area contributed by atoms with E-state index in [-0.39, 0.29) is 5.69 Å². The van der Waals surface area contributed by atoms with Crippen LogP contribution in [0.15, 0.2) is 22.7 Å². The third-order valence-corrected chi connectivity index (χ3v) is 4.30. The Hall–Kier alpha value is -1.28. The second-order valence-electron chi connectivity index (χ2n) is 3.88. The minimum Gasteiger partial charge on any atom is -0.480 e. The van der Waals surface area contributed by atoms with E-state index in [4.69, 9.17) is 5.11 Å². The summed E-state index contributed by atoms with van der Waals surface area (Å²) in [6.45, 7) is 0. The van der Waals surface area contributed by atoms with Gasteiger partial charge in [0.1, 0.15) is 11.9 Å². The Kier molecular flexibility index (Phi) is 4.31. The van der Waals surface area contributed by atoms with Gasteiger partial charge in [-0.1, -0.05) is 0 Å². The molecule has 1 saturated heterocycles. The van der Waals surface area contributed by atoms with Gasteiger partial charge in [-0.25, -0.2) is 14.0 Å². The summed E-state index contributed by atoms with van der Waals surface area (Å²) < 4.78 is 13.6. The lowest BCUT2D eigenvalue weighted by atomic mass is 10.3. The molecular formula is C11H10BrFN2O3S. The monoisotopic (exact) mass is 348 g/mol. The molecule has 0 aromatic heterocycles. The minimum atomic E-state index is -1.04. The lowest BCUT2D eigenvalue weighted by Crippen LogP contribution is -2.44. The molecule has 2 rings (SSSR count). The summed E-state index contributed by atoms with van der Waals surface area (Å²) in [4.78, 5) is 24.2. The Morgan fingerprint density at radius 1 is 1.53 bits per heavy atom. The van der Waals surface area contributed by atoms with Crippen LogP contribution in [0.3, 0.4) is 0 Å². The zero-order chi connectivity index (χ0) is 14.0. The lowest BCUT2D eigenvalue weighted by molar-refractivity contribution is -0.140. The van der Waals surface area contributed by atoms with Crippen LogP contribution in [0.5, 0.6) is 0 Å². The summed E-state index contributed by atoms with van der Waals surface area (Å²) in [5, 5.41) is 11.5. The number of benzene rings is 1. The average Bonchev–Trinajstić information content (AvgIpc) is 2.83. The van der Waals surface area contributed by atoms with Crippen molar-refractivity contribution in [2.75, 3.05) is 16.9 Å². The number of hydrogen-bond acceptors (Lipinski definition) is 3. The summed E-state index contributed by atoms with van der Waals surface area (Å²) >= 11 is 4.55. The van der Waals surface area contributed by atoms with Crippen molar-refractivity contribution in [3.8, 4) is 0 Å². The fourth-order valence-corrected chi connectivity index (χ4v) is 3.12. The quantitative estimate of drug-likeness (QED) is 0.861. The van der Waals surface area contributed by atoms with Crippen molar-refractivity contribution in [1.82, 2.24) is 4.90 Å². The molecule has 0 bridgehead atoms. The summed E-state index contributed by atoms with van der Waals surface area (Å²) in [5.41, 5.74) is 0.269. The van der Waals surface area contributed by atoms with Crippen molar-refractivity contribution >= 4 is 45.4 Å². The normalized spacial score (nSPS) is 18.4. The van der Waals surface area contributed by atoms with Crippen molar-refractivity contribution in [1.29, 1.82) is 0 Å². The standard InChI is InChI=1S/C11H10BrFN2O3S/c12-7-2-1-6(13)3-8(7)14-11(18)15-5-19-4-9(15)10(16)17/h1-3,9H,4-5H2,(H,14,18)(H,16,17)/t9-/m0/s1. The number of amides is 2. The van der Waals surface area contributed by atoms with Gasteiger partial charge in [0.05, 0.1) is 11.6 Å². The fourth-order valence-electron chi connectivity index (χ4n) is 1.63. The van der Waals surface area contributed by atoms with Crippen molar-refractivity contribution in [3.05, 3.63) is 28.5 Å². The number of aliphatic carboxylic acids is 1. The first kappa shape index (κ1) is 14.1. The highest BCUT2D eigenvalue weighted by atomic mass is 79.9. The molecule has 0 unspecified atom stereocenters. The summed E-state index contributed by atoms with van der Waals surface area (Å²) in [6.07, 6.45) is 0. The van der Waals surface area contributed by atoms with Crippen molar-refractivity contribution < 1.29 is 19.1 Å². The number of halogens is 2. The van der Waals surface area contributed by atoms with Gasteiger partial charge < -0.3 is 15.3 Å². The predicted octanol–water partition coefficient (Wildman–Crippen LogP) is 2.58. The van der Waals surface area contributed by atoms with E-state index >= 15 is 0 Å². The minimum absolute atomic E-state index is 0.269. The molecule has 1 aliphatic heterocycles. The maximum absolute atomic E-state index is 13.1. The Labute approximate surface area is 121 Å². The molecule has 0 saturated carbocycles. The largest absolute Gasteiger partial charge is 0.480 e. The molecule has 2 N–H and O–H groups in total. The number of carbonyl (C=O) groups is 2. The molecule has 0 aliphatic carbocycles. The second-order valence-corrected chi connectivity index (χ2v) is 5.73. The molecule has 0 radical (unpaired) electrons. The third kappa shape index (κ3) is 3.19.